The van der Waals surface area contributed by atoms with E-state index in [0.717, 1.165) is 18.4 Å². The molecule has 0 bridgehead atoms. The van der Waals surface area contributed by atoms with E-state index in [0.29, 0.717) is 0 Å². The summed E-state index contributed by atoms with van der Waals surface area (Å²) in [7, 11) is 0. The highest BCUT2D eigenvalue weighted by molar-refractivity contribution is 5.35. The van der Waals surface area contributed by atoms with Crippen molar-refractivity contribution < 1.29 is 0 Å². The highest BCUT2D eigenvalue weighted by Crippen LogP contribution is 2.29. The van der Waals surface area contributed by atoms with E-state index >= 15 is 0 Å². The molecular formula is C18H27N. The van der Waals surface area contributed by atoms with Gasteiger partial charge >= 0.3 is 0 Å². The Hall–Kier alpha value is -0.820. The summed E-state index contributed by atoms with van der Waals surface area (Å²) in [5.41, 5.74) is 4.67. The fourth-order valence-electron chi connectivity index (χ4n) is 3.83. The van der Waals surface area contributed by atoms with E-state index in [4.69, 9.17) is 0 Å². The van der Waals surface area contributed by atoms with Crippen molar-refractivity contribution in [1.82, 2.24) is 5.32 Å². The van der Waals surface area contributed by atoms with E-state index in [1.165, 1.54) is 57.1 Å². The summed E-state index contributed by atoms with van der Waals surface area (Å²) < 4.78 is 0. The molecule has 0 radical (unpaired) electrons. The average molecular weight is 257 g/mol. The van der Waals surface area contributed by atoms with Crippen molar-refractivity contribution >= 4 is 0 Å². The molecule has 0 spiro atoms. The quantitative estimate of drug-likeness (QED) is 0.856. The second-order valence-electron chi connectivity index (χ2n) is 6.61. The van der Waals surface area contributed by atoms with Crippen molar-refractivity contribution in [2.75, 3.05) is 6.54 Å². The monoisotopic (exact) mass is 257 g/mol. The van der Waals surface area contributed by atoms with Gasteiger partial charge in [0.2, 0.25) is 0 Å². The minimum absolute atomic E-state index is 0.906. The van der Waals surface area contributed by atoms with Gasteiger partial charge < -0.3 is 5.32 Å². The minimum atomic E-state index is 0.906. The first-order valence-corrected chi connectivity index (χ1v) is 8.14. The van der Waals surface area contributed by atoms with E-state index < -0.39 is 0 Å². The Morgan fingerprint density at radius 2 is 1.89 bits per heavy atom. The van der Waals surface area contributed by atoms with Crippen molar-refractivity contribution in [1.29, 1.82) is 0 Å². The topological polar surface area (TPSA) is 12.0 Å². The molecule has 1 N–H and O–H groups in total. The average Bonchev–Trinajstić information content (AvgIpc) is 2.88. The molecule has 1 nitrogen and oxygen atoms in total. The molecule has 0 heterocycles. The molecule has 0 aromatic heterocycles. The third-order valence-corrected chi connectivity index (χ3v) is 5.19. The smallest absolute Gasteiger partial charge is 0.0205 e. The predicted octanol–water partition coefficient (Wildman–Crippen LogP) is 4.09. The van der Waals surface area contributed by atoms with Crippen LogP contribution >= 0.6 is 0 Å². The molecule has 0 aliphatic heterocycles. The van der Waals surface area contributed by atoms with Gasteiger partial charge in [-0.05, 0) is 60.8 Å². The molecule has 3 rings (SSSR count). The lowest BCUT2D eigenvalue weighted by Crippen LogP contribution is -2.29. The Morgan fingerprint density at radius 3 is 2.79 bits per heavy atom. The van der Waals surface area contributed by atoms with Crippen molar-refractivity contribution in [3.05, 3.63) is 34.9 Å². The van der Waals surface area contributed by atoms with Crippen LogP contribution in [0.4, 0.5) is 0 Å². The van der Waals surface area contributed by atoms with Crippen molar-refractivity contribution in [2.45, 2.75) is 58.4 Å². The number of fused-ring (bicyclic) bond motifs is 1. The predicted molar refractivity (Wildman–Crippen MR) is 81.3 cm³/mol. The third-order valence-electron chi connectivity index (χ3n) is 5.19. The molecule has 1 aromatic carbocycles. The fraction of sp³-hybridized carbons (Fsp3) is 0.667. The van der Waals surface area contributed by atoms with Gasteiger partial charge in [0.25, 0.3) is 0 Å². The van der Waals surface area contributed by atoms with Crippen LogP contribution in [-0.4, -0.2) is 6.54 Å². The summed E-state index contributed by atoms with van der Waals surface area (Å²) >= 11 is 0. The molecule has 0 amide bonds. The standard InChI is InChI=1S/C18H27N/c1-14-5-2-3-6-18(14)13-19-12-15-9-10-16-7-4-8-17(16)11-15/h9-11,14,18-19H,2-8,12-13H2,1H3. The number of hydrogen-bond acceptors (Lipinski definition) is 1. The van der Waals surface area contributed by atoms with Crippen molar-refractivity contribution in [3.63, 3.8) is 0 Å². The van der Waals surface area contributed by atoms with Gasteiger partial charge in [0, 0.05) is 6.54 Å². The van der Waals surface area contributed by atoms with Gasteiger partial charge in [0.15, 0.2) is 0 Å². The first-order valence-electron chi connectivity index (χ1n) is 8.14. The van der Waals surface area contributed by atoms with Crippen LogP contribution < -0.4 is 5.32 Å². The molecule has 2 aliphatic carbocycles. The molecule has 19 heavy (non-hydrogen) atoms. The molecule has 2 aliphatic rings. The van der Waals surface area contributed by atoms with Crippen LogP contribution in [0.5, 0.6) is 0 Å². The van der Waals surface area contributed by atoms with Crippen molar-refractivity contribution in [3.8, 4) is 0 Å². The Balaban J connectivity index is 1.49. The summed E-state index contributed by atoms with van der Waals surface area (Å²) in [4.78, 5) is 0. The molecule has 1 fully saturated rings. The maximum atomic E-state index is 3.69. The van der Waals surface area contributed by atoms with Crippen LogP contribution in [0.3, 0.4) is 0 Å². The number of nitrogens with one attached hydrogen (secondary N) is 1. The maximum absolute atomic E-state index is 3.69. The van der Waals surface area contributed by atoms with Crippen LogP contribution in [0.25, 0.3) is 0 Å². The number of rotatable bonds is 4. The lowest BCUT2D eigenvalue weighted by Gasteiger charge is -2.28. The highest BCUT2D eigenvalue weighted by Gasteiger charge is 2.20. The van der Waals surface area contributed by atoms with Gasteiger partial charge in [-0.25, -0.2) is 0 Å². The van der Waals surface area contributed by atoms with Crippen LogP contribution in [0.1, 0.15) is 55.7 Å². The zero-order chi connectivity index (χ0) is 13.1. The lowest BCUT2D eigenvalue weighted by atomic mass is 9.80. The van der Waals surface area contributed by atoms with Gasteiger partial charge in [-0.2, -0.15) is 0 Å². The Bertz CT molecular complexity index is 424. The largest absolute Gasteiger partial charge is 0.312 e. The summed E-state index contributed by atoms with van der Waals surface area (Å²) in [5, 5.41) is 3.69. The highest BCUT2D eigenvalue weighted by atomic mass is 14.9. The Labute approximate surface area is 117 Å². The molecular weight excluding hydrogens is 230 g/mol. The fourth-order valence-corrected chi connectivity index (χ4v) is 3.83. The SMILES string of the molecule is CC1CCCCC1CNCc1ccc2c(c1)CCC2. The number of benzene rings is 1. The van der Waals surface area contributed by atoms with Crippen LogP contribution in [-0.2, 0) is 19.4 Å². The Morgan fingerprint density at radius 1 is 1.05 bits per heavy atom. The molecule has 2 unspecified atom stereocenters. The number of aryl methyl sites for hydroxylation is 2. The molecule has 1 heteroatoms. The maximum Gasteiger partial charge on any atom is 0.0205 e. The molecule has 2 atom stereocenters. The zero-order valence-electron chi connectivity index (χ0n) is 12.3. The van der Waals surface area contributed by atoms with Gasteiger partial charge in [-0.3, -0.25) is 0 Å². The second-order valence-corrected chi connectivity index (χ2v) is 6.61. The summed E-state index contributed by atoms with van der Waals surface area (Å²) in [6.45, 7) is 4.69. The summed E-state index contributed by atoms with van der Waals surface area (Å²) in [6, 6.07) is 7.10. The van der Waals surface area contributed by atoms with Crippen molar-refractivity contribution in [2.24, 2.45) is 11.8 Å². The normalized spacial score (nSPS) is 26.4. The molecule has 1 saturated carbocycles. The van der Waals surface area contributed by atoms with Gasteiger partial charge in [0.05, 0.1) is 0 Å². The van der Waals surface area contributed by atoms with Gasteiger partial charge in [0.1, 0.15) is 0 Å². The van der Waals surface area contributed by atoms with Crippen LogP contribution in [0.15, 0.2) is 18.2 Å². The van der Waals surface area contributed by atoms with E-state index in [-0.39, 0.29) is 0 Å². The van der Waals surface area contributed by atoms with Gasteiger partial charge in [-0.15, -0.1) is 0 Å². The van der Waals surface area contributed by atoms with Crippen LogP contribution in [0.2, 0.25) is 0 Å². The number of hydrogen-bond donors (Lipinski definition) is 1. The first-order chi connectivity index (χ1) is 9.33. The molecule has 1 aromatic rings. The van der Waals surface area contributed by atoms with E-state index in [9.17, 15) is 0 Å². The summed E-state index contributed by atoms with van der Waals surface area (Å²) in [5.74, 6) is 1.82. The summed E-state index contributed by atoms with van der Waals surface area (Å²) in [6.07, 6.45) is 9.69. The third kappa shape index (κ3) is 3.20. The van der Waals surface area contributed by atoms with Gasteiger partial charge in [-0.1, -0.05) is 44.4 Å². The zero-order valence-corrected chi connectivity index (χ0v) is 12.3. The van der Waals surface area contributed by atoms with Crippen LogP contribution in [0, 0.1) is 11.8 Å². The second kappa shape index (κ2) is 6.09. The lowest BCUT2D eigenvalue weighted by molar-refractivity contribution is 0.247. The Kier molecular flexibility index (Phi) is 4.22. The molecule has 104 valence electrons. The molecule has 0 saturated heterocycles. The van der Waals surface area contributed by atoms with E-state index in [1.807, 2.05) is 0 Å². The first kappa shape index (κ1) is 13.2. The minimum Gasteiger partial charge on any atom is -0.312 e. The van der Waals surface area contributed by atoms with E-state index in [1.54, 1.807) is 11.1 Å². The van der Waals surface area contributed by atoms with E-state index in [2.05, 4.69) is 30.4 Å².